The van der Waals surface area contributed by atoms with Gasteiger partial charge in [-0.2, -0.15) is 0 Å². The predicted octanol–water partition coefficient (Wildman–Crippen LogP) is 1.56. The summed E-state index contributed by atoms with van der Waals surface area (Å²) >= 11 is 0. The van der Waals surface area contributed by atoms with Gasteiger partial charge < -0.3 is 17.0 Å². The van der Waals surface area contributed by atoms with E-state index in [1.54, 1.807) is 0 Å². The average molecular weight is 397 g/mol. The fourth-order valence-electron chi connectivity index (χ4n) is 3.07. The van der Waals surface area contributed by atoms with Crippen LogP contribution in [0.1, 0.15) is 6.92 Å². The van der Waals surface area contributed by atoms with E-state index in [9.17, 15) is 0 Å². The van der Waals surface area contributed by atoms with Crippen LogP contribution in [-0.2, 0) is 0 Å². The lowest BCUT2D eigenvalue weighted by molar-refractivity contribution is -0.00000450. The van der Waals surface area contributed by atoms with Crippen LogP contribution in [-0.4, -0.2) is 6.16 Å². The first-order chi connectivity index (χ1) is 11.4. The topological polar surface area (TPSA) is 0 Å². The predicted molar refractivity (Wildman–Crippen MR) is 105 cm³/mol. The highest BCUT2D eigenvalue weighted by atomic mass is 79.9. The summed E-state index contributed by atoms with van der Waals surface area (Å²) in [7, 11) is -1.66. The number of hydrogen-bond acceptors (Lipinski definition) is 0. The average Bonchev–Trinajstić information content (AvgIpc) is 2.65. The Balaban J connectivity index is 0.00000208. The highest BCUT2D eigenvalue weighted by Crippen LogP contribution is 2.55. The Morgan fingerprint density at radius 2 is 0.958 bits per heavy atom. The summed E-state index contributed by atoms with van der Waals surface area (Å²) in [6.07, 6.45) is 5.55. The van der Waals surface area contributed by atoms with E-state index >= 15 is 0 Å². The second-order valence-corrected chi connectivity index (χ2v) is 9.10. The zero-order valence-corrected chi connectivity index (χ0v) is 16.3. The molecule has 0 N–H and O–H groups in total. The molecule has 0 aliphatic carbocycles. The van der Waals surface area contributed by atoms with Gasteiger partial charge in [0.1, 0.15) is 23.2 Å². The van der Waals surface area contributed by atoms with Crippen LogP contribution in [0.2, 0.25) is 0 Å². The van der Waals surface area contributed by atoms with Crippen molar-refractivity contribution in [1.82, 2.24) is 0 Å². The zero-order chi connectivity index (χ0) is 16.0. The molecule has 0 heterocycles. The second-order valence-electron chi connectivity index (χ2n) is 5.57. The molecular formula is C22H22BrP. The second kappa shape index (κ2) is 8.97. The molecular weight excluding hydrogens is 375 g/mol. The molecule has 0 spiro atoms. The van der Waals surface area contributed by atoms with Gasteiger partial charge in [0.2, 0.25) is 0 Å². The molecule has 0 aliphatic heterocycles. The van der Waals surface area contributed by atoms with Crippen molar-refractivity contribution in [3.63, 3.8) is 0 Å². The van der Waals surface area contributed by atoms with E-state index in [1.807, 2.05) is 0 Å². The summed E-state index contributed by atoms with van der Waals surface area (Å²) in [5, 5.41) is 4.32. The Hall–Kier alpha value is -1.69. The molecule has 0 saturated heterocycles. The van der Waals surface area contributed by atoms with Crippen molar-refractivity contribution in [2.24, 2.45) is 0 Å². The highest BCUT2D eigenvalue weighted by Gasteiger charge is 2.43. The summed E-state index contributed by atoms with van der Waals surface area (Å²) < 4.78 is 0. The zero-order valence-electron chi connectivity index (χ0n) is 13.8. The number of rotatable bonds is 5. The van der Waals surface area contributed by atoms with Crippen molar-refractivity contribution >= 4 is 23.2 Å². The van der Waals surface area contributed by atoms with Gasteiger partial charge >= 0.3 is 0 Å². The van der Waals surface area contributed by atoms with Gasteiger partial charge in [0.25, 0.3) is 0 Å². The van der Waals surface area contributed by atoms with Crippen molar-refractivity contribution in [2.75, 3.05) is 6.16 Å². The van der Waals surface area contributed by atoms with Gasteiger partial charge in [-0.1, -0.05) is 66.7 Å². The Kier molecular flexibility index (Phi) is 6.97. The van der Waals surface area contributed by atoms with E-state index in [1.165, 1.54) is 15.9 Å². The first-order valence-electron chi connectivity index (χ1n) is 8.04. The van der Waals surface area contributed by atoms with Crippen molar-refractivity contribution < 1.29 is 17.0 Å². The van der Waals surface area contributed by atoms with E-state index < -0.39 is 7.26 Å². The quantitative estimate of drug-likeness (QED) is 0.453. The van der Waals surface area contributed by atoms with Crippen LogP contribution in [0.15, 0.2) is 103 Å². The van der Waals surface area contributed by atoms with Gasteiger partial charge in [-0.3, -0.25) is 0 Å². The van der Waals surface area contributed by atoms with Crippen LogP contribution in [0.4, 0.5) is 0 Å². The summed E-state index contributed by atoms with van der Waals surface area (Å²) in [5.41, 5.74) is 0. The highest BCUT2D eigenvalue weighted by molar-refractivity contribution is 7.95. The summed E-state index contributed by atoms with van der Waals surface area (Å²) in [4.78, 5) is 0. The monoisotopic (exact) mass is 396 g/mol. The molecule has 0 aromatic heterocycles. The van der Waals surface area contributed by atoms with Crippen LogP contribution in [0.3, 0.4) is 0 Å². The fourth-order valence-corrected chi connectivity index (χ4v) is 7.17. The summed E-state index contributed by atoms with van der Waals surface area (Å²) in [6.45, 7) is 2.11. The van der Waals surface area contributed by atoms with Crippen molar-refractivity contribution in [1.29, 1.82) is 0 Å². The lowest BCUT2D eigenvalue weighted by Crippen LogP contribution is -3.00. The summed E-state index contributed by atoms with van der Waals surface area (Å²) in [6, 6.07) is 33.0. The number of benzene rings is 3. The molecule has 0 radical (unpaired) electrons. The Bertz CT molecular complexity index is 655. The maximum atomic E-state index is 2.32. The molecule has 3 rings (SSSR count). The Morgan fingerprint density at radius 1 is 0.625 bits per heavy atom. The lowest BCUT2D eigenvalue weighted by atomic mass is 10.4. The molecule has 0 atom stereocenters. The maximum Gasteiger partial charge on any atom is 0.115 e. The molecule has 0 saturated carbocycles. The van der Waals surface area contributed by atoms with Crippen LogP contribution in [0, 0.1) is 0 Å². The molecule has 2 heteroatoms. The van der Waals surface area contributed by atoms with Gasteiger partial charge in [0, 0.05) is 0 Å². The third-order valence-electron chi connectivity index (χ3n) is 4.21. The molecule has 0 aliphatic rings. The fraction of sp³-hybridized carbons (Fsp3) is 0.0909. The molecule has 3 aromatic rings. The van der Waals surface area contributed by atoms with E-state index in [4.69, 9.17) is 0 Å². The third-order valence-corrected chi connectivity index (χ3v) is 8.50. The molecule has 0 fully saturated rings. The molecule has 0 unspecified atom stereocenters. The molecule has 24 heavy (non-hydrogen) atoms. The van der Waals surface area contributed by atoms with E-state index in [0.717, 1.165) is 6.16 Å². The molecule has 122 valence electrons. The van der Waals surface area contributed by atoms with Gasteiger partial charge in [0.05, 0.1) is 6.16 Å². The van der Waals surface area contributed by atoms with Crippen molar-refractivity contribution in [3.8, 4) is 0 Å². The third kappa shape index (κ3) is 3.69. The first-order valence-corrected chi connectivity index (χ1v) is 10.0. The normalized spacial score (nSPS) is 11.2. The number of allylic oxidation sites excluding steroid dienone is 2. The van der Waals surface area contributed by atoms with E-state index in [2.05, 4.69) is 110 Å². The van der Waals surface area contributed by atoms with Crippen LogP contribution < -0.4 is 32.9 Å². The SMILES string of the molecule is C/C=C/C[P+](c1ccccc1)(c1ccccc1)c1ccccc1.[Br-]. The number of halogens is 1. The summed E-state index contributed by atoms with van der Waals surface area (Å²) in [5.74, 6) is 0. The maximum absolute atomic E-state index is 2.32. The minimum absolute atomic E-state index is 0. The Morgan fingerprint density at radius 3 is 1.25 bits per heavy atom. The van der Waals surface area contributed by atoms with E-state index in [-0.39, 0.29) is 17.0 Å². The Labute approximate surface area is 156 Å². The van der Waals surface area contributed by atoms with Crippen LogP contribution in [0.25, 0.3) is 0 Å². The van der Waals surface area contributed by atoms with Gasteiger partial charge in [-0.25, -0.2) is 0 Å². The molecule has 0 bridgehead atoms. The van der Waals surface area contributed by atoms with Crippen LogP contribution >= 0.6 is 7.26 Å². The standard InChI is InChI=1S/C22H22P.BrH/c1-2-3-19-23(20-13-7-4-8-14-20,21-15-9-5-10-16-21)22-17-11-6-12-18-22;/h2-18H,19H2,1H3;1H/q+1;/p-1/b3-2+;. The molecule has 0 amide bonds. The molecule has 3 aromatic carbocycles. The van der Waals surface area contributed by atoms with Crippen molar-refractivity contribution in [2.45, 2.75) is 6.92 Å². The number of hydrogen-bond donors (Lipinski definition) is 0. The molecule has 0 nitrogen and oxygen atoms in total. The smallest absolute Gasteiger partial charge is 0.115 e. The first kappa shape index (κ1) is 18.6. The van der Waals surface area contributed by atoms with Gasteiger partial charge in [-0.15, -0.1) is 0 Å². The minimum Gasteiger partial charge on any atom is -1.00 e. The van der Waals surface area contributed by atoms with Crippen molar-refractivity contribution in [3.05, 3.63) is 103 Å². The van der Waals surface area contributed by atoms with Crippen LogP contribution in [0.5, 0.6) is 0 Å². The van der Waals surface area contributed by atoms with E-state index in [0.29, 0.717) is 0 Å². The van der Waals surface area contributed by atoms with Gasteiger partial charge in [-0.05, 0) is 43.3 Å². The minimum atomic E-state index is -1.66. The lowest BCUT2D eigenvalue weighted by Gasteiger charge is -2.26. The largest absolute Gasteiger partial charge is 1.00 e. The van der Waals surface area contributed by atoms with Gasteiger partial charge in [0.15, 0.2) is 0 Å².